The van der Waals surface area contributed by atoms with Gasteiger partial charge >= 0.3 is 12.1 Å². The molecular weight excluding hydrogens is 436 g/mol. The molecule has 32 heavy (non-hydrogen) atoms. The fourth-order valence-corrected chi connectivity index (χ4v) is 5.53. The zero-order chi connectivity index (χ0) is 23.7. The number of alkyl carbamates (subject to hydrolysis) is 1. The molecule has 0 saturated heterocycles. The highest BCUT2D eigenvalue weighted by Gasteiger charge is 2.36. The first-order chi connectivity index (χ1) is 14.8. The fraction of sp³-hybridized carbons (Fsp3) is 0.500. The Labute approximate surface area is 187 Å². The summed E-state index contributed by atoms with van der Waals surface area (Å²) in [6, 6.07) is 5.74. The zero-order valence-corrected chi connectivity index (χ0v) is 19.4. The maximum absolute atomic E-state index is 13.0. The van der Waals surface area contributed by atoms with Crippen molar-refractivity contribution in [2.75, 3.05) is 0 Å². The number of rotatable bonds is 6. The highest BCUT2D eigenvalue weighted by atomic mass is 32.2. The number of carboxylic acids is 1. The summed E-state index contributed by atoms with van der Waals surface area (Å²) in [7, 11) is -3.52. The molecule has 9 nitrogen and oxygen atoms in total. The normalized spacial score (nSPS) is 19.0. The Balaban J connectivity index is 1.65. The van der Waals surface area contributed by atoms with Crippen molar-refractivity contribution in [2.24, 2.45) is 0 Å². The topological polar surface area (TPSA) is 136 Å². The number of nitrogens with zero attached hydrogens (tertiary/aromatic N) is 1. The predicted molar refractivity (Wildman–Crippen MR) is 117 cm³/mol. The van der Waals surface area contributed by atoms with Gasteiger partial charge in [-0.2, -0.15) is 0 Å². The van der Waals surface area contributed by atoms with Crippen molar-refractivity contribution >= 4 is 21.9 Å². The molecule has 1 saturated carbocycles. The SMILES string of the molecule is Cc1oc(-c2ccc(C(=O)O)cc2)nc1CS(=O)(=O)C1CCC(NC(=O)OC(C)(C)C)C1. The van der Waals surface area contributed by atoms with Crippen molar-refractivity contribution in [3.05, 3.63) is 41.3 Å². The van der Waals surface area contributed by atoms with Gasteiger partial charge in [0, 0.05) is 11.6 Å². The third-order valence-corrected chi connectivity index (χ3v) is 7.34. The lowest BCUT2D eigenvalue weighted by molar-refractivity contribution is 0.0505. The molecule has 1 amide bonds. The minimum Gasteiger partial charge on any atom is -0.478 e. The van der Waals surface area contributed by atoms with Crippen molar-refractivity contribution in [1.82, 2.24) is 10.3 Å². The number of carboxylic acid groups (broad SMARTS) is 1. The van der Waals surface area contributed by atoms with Crippen LogP contribution >= 0.6 is 0 Å². The second kappa shape index (κ2) is 8.93. The maximum Gasteiger partial charge on any atom is 0.407 e. The van der Waals surface area contributed by atoms with E-state index in [1.807, 2.05) is 0 Å². The number of aryl methyl sites for hydroxylation is 1. The first-order valence-electron chi connectivity index (χ1n) is 10.3. The molecule has 0 bridgehead atoms. The molecule has 174 valence electrons. The van der Waals surface area contributed by atoms with Crippen molar-refractivity contribution in [3.8, 4) is 11.5 Å². The molecule has 10 heteroatoms. The summed E-state index contributed by atoms with van der Waals surface area (Å²) in [5, 5.41) is 11.2. The van der Waals surface area contributed by atoms with Gasteiger partial charge in [-0.25, -0.2) is 23.0 Å². The van der Waals surface area contributed by atoms with E-state index in [1.165, 1.54) is 12.1 Å². The fourth-order valence-electron chi connectivity index (χ4n) is 3.62. The smallest absolute Gasteiger partial charge is 0.407 e. The lowest BCUT2D eigenvalue weighted by Crippen LogP contribution is -2.38. The Morgan fingerprint density at radius 3 is 2.47 bits per heavy atom. The first kappa shape index (κ1) is 23.8. The monoisotopic (exact) mass is 464 g/mol. The second-order valence-electron chi connectivity index (χ2n) is 8.99. The molecule has 2 N–H and O–H groups in total. The number of oxazole rings is 1. The summed E-state index contributed by atoms with van der Waals surface area (Å²) in [4.78, 5) is 27.3. The van der Waals surface area contributed by atoms with Gasteiger partial charge in [0.2, 0.25) is 5.89 Å². The van der Waals surface area contributed by atoms with E-state index in [1.54, 1.807) is 39.8 Å². The summed E-state index contributed by atoms with van der Waals surface area (Å²) < 4.78 is 36.9. The van der Waals surface area contributed by atoms with Crippen LogP contribution in [-0.2, 0) is 20.3 Å². The van der Waals surface area contributed by atoms with E-state index in [2.05, 4.69) is 10.3 Å². The quantitative estimate of drug-likeness (QED) is 0.660. The zero-order valence-electron chi connectivity index (χ0n) is 18.5. The van der Waals surface area contributed by atoms with E-state index in [0.717, 1.165) is 0 Å². The highest BCUT2D eigenvalue weighted by Crippen LogP contribution is 2.30. The van der Waals surface area contributed by atoms with Crippen LogP contribution in [0.5, 0.6) is 0 Å². The van der Waals surface area contributed by atoms with Crippen molar-refractivity contribution in [2.45, 2.75) is 69.6 Å². The van der Waals surface area contributed by atoms with Crippen LogP contribution in [0.25, 0.3) is 11.5 Å². The Morgan fingerprint density at radius 2 is 1.88 bits per heavy atom. The molecule has 1 aliphatic carbocycles. The Bertz CT molecular complexity index is 1100. The molecule has 3 rings (SSSR count). The summed E-state index contributed by atoms with van der Waals surface area (Å²) in [6.07, 6.45) is 0.777. The Morgan fingerprint density at radius 1 is 1.22 bits per heavy atom. The van der Waals surface area contributed by atoms with E-state index in [4.69, 9.17) is 14.3 Å². The maximum atomic E-state index is 13.0. The molecule has 2 unspecified atom stereocenters. The summed E-state index contributed by atoms with van der Waals surface area (Å²) in [5.41, 5.74) is 0.398. The van der Waals surface area contributed by atoms with E-state index in [9.17, 15) is 18.0 Å². The van der Waals surface area contributed by atoms with Crippen LogP contribution in [0.15, 0.2) is 28.7 Å². The molecular formula is C22H28N2O7S. The molecule has 1 aliphatic rings. The Hall–Kier alpha value is -2.88. The minimum absolute atomic E-state index is 0.135. The van der Waals surface area contributed by atoms with E-state index in [0.29, 0.717) is 36.3 Å². The number of aromatic nitrogens is 1. The lowest BCUT2D eigenvalue weighted by Gasteiger charge is -2.21. The molecule has 1 aromatic carbocycles. The number of benzene rings is 1. The number of carbonyl (C=O) groups excluding carboxylic acids is 1. The van der Waals surface area contributed by atoms with Crippen molar-refractivity contribution in [3.63, 3.8) is 0 Å². The van der Waals surface area contributed by atoms with Gasteiger partial charge in [-0.1, -0.05) is 0 Å². The van der Waals surface area contributed by atoms with E-state index >= 15 is 0 Å². The number of aromatic carboxylic acids is 1. The molecule has 0 spiro atoms. The van der Waals surface area contributed by atoms with Gasteiger partial charge in [0.25, 0.3) is 0 Å². The van der Waals surface area contributed by atoms with Gasteiger partial charge in [0.1, 0.15) is 11.4 Å². The summed E-state index contributed by atoms with van der Waals surface area (Å²) >= 11 is 0. The summed E-state index contributed by atoms with van der Waals surface area (Å²) in [6.45, 7) is 6.95. The molecule has 1 aromatic heterocycles. The van der Waals surface area contributed by atoms with E-state index < -0.39 is 32.8 Å². The molecule has 1 fully saturated rings. The number of carbonyl (C=O) groups is 2. The molecule has 2 atom stereocenters. The number of hydrogen-bond donors (Lipinski definition) is 2. The van der Waals surface area contributed by atoms with Crippen molar-refractivity contribution in [1.29, 1.82) is 0 Å². The molecule has 2 aromatic rings. The average Bonchev–Trinajstić information content (AvgIpc) is 3.27. The van der Waals surface area contributed by atoms with Crippen LogP contribution in [0.2, 0.25) is 0 Å². The van der Waals surface area contributed by atoms with Gasteiger partial charge < -0.3 is 19.6 Å². The van der Waals surface area contributed by atoms with Gasteiger partial charge in [0.15, 0.2) is 9.84 Å². The third-order valence-electron chi connectivity index (χ3n) is 5.22. The molecule has 1 heterocycles. The number of hydrogen-bond acceptors (Lipinski definition) is 7. The highest BCUT2D eigenvalue weighted by molar-refractivity contribution is 7.91. The standard InChI is InChI=1S/C22H28N2O7S/c1-13-18(24-19(30-13)14-5-7-15(8-6-14)20(25)26)12-32(28,29)17-10-9-16(11-17)23-21(27)31-22(2,3)4/h5-8,16-17H,9-12H2,1-4H3,(H,23,27)(H,25,26). The van der Waals surface area contributed by atoms with Gasteiger partial charge in [-0.05, 0) is 71.2 Å². The first-order valence-corrected chi connectivity index (χ1v) is 12.1. The van der Waals surface area contributed by atoms with Crippen LogP contribution in [-0.4, -0.2) is 47.5 Å². The predicted octanol–water partition coefficient (Wildman–Crippen LogP) is 3.71. The Kier molecular flexibility index (Phi) is 6.64. The number of amides is 1. The second-order valence-corrected chi connectivity index (χ2v) is 11.3. The lowest BCUT2D eigenvalue weighted by atomic mass is 10.1. The molecule has 0 radical (unpaired) electrons. The number of sulfone groups is 1. The van der Waals surface area contributed by atoms with Crippen LogP contribution in [0.4, 0.5) is 4.79 Å². The molecule has 0 aliphatic heterocycles. The minimum atomic E-state index is -3.52. The third kappa shape index (κ3) is 5.87. The van der Waals surface area contributed by atoms with Gasteiger partial charge in [-0.3, -0.25) is 0 Å². The van der Waals surface area contributed by atoms with Gasteiger partial charge in [0.05, 0.1) is 22.3 Å². The van der Waals surface area contributed by atoms with Crippen molar-refractivity contribution < 1.29 is 32.3 Å². The number of nitrogens with one attached hydrogen (secondary N) is 1. The van der Waals surface area contributed by atoms with E-state index in [-0.39, 0.29) is 23.2 Å². The number of ether oxygens (including phenoxy) is 1. The summed E-state index contributed by atoms with van der Waals surface area (Å²) in [5.74, 6) is -0.671. The van der Waals surface area contributed by atoms with Crippen LogP contribution in [0, 0.1) is 6.92 Å². The van der Waals surface area contributed by atoms with Crippen LogP contribution < -0.4 is 5.32 Å². The van der Waals surface area contributed by atoms with Crippen LogP contribution in [0.1, 0.15) is 61.8 Å². The largest absolute Gasteiger partial charge is 0.478 e. The average molecular weight is 465 g/mol. The van der Waals surface area contributed by atoms with Crippen LogP contribution in [0.3, 0.4) is 0 Å². The van der Waals surface area contributed by atoms with Gasteiger partial charge in [-0.15, -0.1) is 0 Å².